The van der Waals surface area contributed by atoms with Crippen LogP contribution < -0.4 is 9.47 Å². The molecule has 0 aliphatic heterocycles. The number of halogens is 1. The first-order valence-corrected chi connectivity index (χ1v) is 7.65. The lowest BCUT2D eigenvalue weighted by atomic mass is 10.1. The van der Waals surface area contributed by atoms with Gasteiger partial charge in [0, 0.05) is 0 Å². The van der Waals surface area contributed by atoms with Crippen molar-refractivity contribution in [2.75, 3.05) is 7.11 Å². The normalized spacial score (nSPS) is 10.5. The van der Waals surface area contributed by atoms with Crippen molar-refractivity contribution in [2.24, 2.45) is 0 Å². The summed E-state index contributed by atoms with van der Waals surface area (Å²) in [7, 11) is 1.59. The molecular formula is C17H19BrO3. The Morgan fingerprint density at radius 1 is 1.05 bits per heavy atom. The van der Waals surface area contributed by atoms with Gasteiger partial charge in [-0.2, -0.15) is 0 Å². The van der Waals surface area contributed by atoms with E-state index in [0.717, 1.165) is 22.0 Å². The van der Waals surface area contributed by atoms with Crippen molar-refractivity contribution >= 4 is 15.9 Å². The van der Waals surface area contributed by atoms with Crippen LogP contribution in [0, 0.1) is 0 Å². The first kappa shape index (κ1) is 15.9. The lowest BCUT2D eigenvalue weighted by Gasteiger charge is -2.14. The fourth-order valence-electron chi connectivity index (χ4n) is 2.03. The summed E-state index contributed by atoms with van der Waals surface area (Å²) in [6.45, 7) is 2.57. The van der Waals surface area contributed by atoms with Crippen LogP contribution in [-0.2, 0) is 19.6 Å². The smallest absolute Gasteiger partial charge is 0.175 e. The fraction of sp³-hybridized carbons (Fsp3) is 0.294. The lowest BCUT2D eigenvalue weighted by Crippen LogP contribution is -2.00. The Balaban J connectivity index is 2.15. The van der Waals surface area contributed by atoms with E-state index in [0.29, 0.717) is 18.1 Å². The predicted molar refractivity (Wildman–Crippen MR) is 86.8 cm³/mol. The summed E-state index contributed by atoms with van der Waals surface area (Å²) in [5.41, 5.74) is 3.19. The number of hydrogen-bond acceptors (Lipinski definition) is 3. The van der Waals surface area contributed by atoms with Crippen molar-refractivity contribution < 1.29 is 14.6 Å². The van der Waals surface area contributed by atoms with Crippen molar-refractivity contribution in [2.45, 2.75) is 26.6 Å². The third-order valence-electron chi connectivity index (χ3n) is 3.29. The van der Waals surface area contributed by atoms with Gasteiger partial charge in [-0.1, -0.05) is 31.2 Å². The quantitative estimate of drug-likeness (QED) is 0.852. The molecule has 0 radical (unpaired) electrons. The summed E-state index contributed by atoms with van der Waals surface area (Å²) in [5, 5.41) is 9.21. The van der Waals surface area contributed by atoms with Crippen LogP contribution in [0.1, 0.15) is 23.6 Å². The topological polar surface area (TPSA) is 38.7 Å². The number of benzene rings is 2. The van der Waals surface area contributed by atoms with Crippen molar-refractivity contribution in [3.8, 4) is 11.5 Å². The van der Waals surface area contributed by atoms with E-state index in [1.807, 2.05) is 6.07 Å². The van der Waals surface area contributed by atoms with Gasteiger partial charge in [-0.25, -0.2) is 0 Å². The highest BCUT2D eigenvalue weighted by molar-refractivity contribution is 9.10. The zero-order valence-corrected chi connectivity index (χ0v) is 13.8. The third-order valence-corrected chi connectivity index (χ3v) is 3.88. The van der Waals surface area contributed by atoms with Gasteiger partial charge in [0.1, 0.15) is 6.61 Å². The van der Waals surface area contributed by atoms with E-state index in [-0.39, 0.29) is 6.61 Å². The molecule has 3 nitrogen and oxygen atoms in total. The molecule has 0 amide bonds. The number of aryl methyl sites for hydroxylation is 1. The Bertz CT molecular complexity index is 594. The summed E-state index contributed by atoms with van der Waals surface area (Å²) in [4.78, 5) is 0. The van der Waals surface area contributed by atoms with Crippen LogP contribution in [0.4, 0.5) is 0 Å². The van der Waals surface area contributed by atoms with E-state index in [4.69, 9.17) is 9.47 Å². The standard InChI is InChI=1S/C17H19BrO3/c1-3-12-4-6-13(7-5-12)11-21-17-15(18)8-14(10-19)9-16(17)20-2/h4-9,19H,3,10-11H2,1-2H3. The lowest BCUT2D eigenvalue weighted by molar-refractivity contribution is 0.273. The SMILES string of the molecule is CCc1ccc(COc2c(Br)cc(CO)cc2OC)cc1. The molecule has 4 heteroatoms. The number of ether oxygens (including phenoxy) is 2. The van der Waals surface area contributed by atoms with Crippen molar-refractivity contribution in [3.05, 3.63) is 57.6 Å². The van der Waals surface area contributed by atoms with Gasteiger partial charge in [0.25, 0.3) is 0 Å². The number of rotatable bonds is 6. The van der Waals surface area contributed by atoms with Crippen LogP contribution in [0.25, 0.3) is 0 Å². The molecule has 0 bridgehead atoms. The number of hydrogen-bond donors (Lipinski definition) is 1. The molecule has 112 valence electrons. The highest BCUT2D eigenvalue weighted by atomic mass is 79.9. The minimum atomic E-state index is -0.0340. The third kappa shape index (κ3) is 3.99. The predicted octanol–water partition coefficient (Wildman–Crippen LogP) is 4.09. The van der Waals surface area contributed by atoms with Crippen LogP contribution in [0.5, 0.6) is 11.5 Å². The summed E-state index contributed by atoms with van der Waals surface area (Å²) >= 11 is 3.46. The van der Waals surface area contributed by atoms with Crippen LogP contribution in [0.15, 0.2) is 40.9 Å². The summed E-state index contributed by atoms with van der Waals surface area (Å²) in [6.07, 6.45) is 1.03. The van der Waals surface area contributed by atoms with Gasteiger partial charge in [0.2, 0.25) is 0 Å². The minimum Gasteiger partial charge on any atom is -0.493 e. The van der Waals surface area contributed by atoms with Crippen molar-refractivity contribution in [1.82, 2.24) is 0 Å². The Morgan fingerprint density at radius 3 is 2.29 bits per heavy atom. The monoisotopic (exact) mass is 350 g/mol. The maximum absolute atomic E-state index is 9.21. The molecule has 0 saturated heterocycles. The molecule has 2 rings (SSSR count). The Labute approximate surface area is 133 Å². The first-order valence-electron chi connectivity index (χ1n) is 6.85. The van der Waals surface area contributed by atoms with Crippen molar-refractivity contribution in [1.29, 1.82) is 0 Å². The molecule has 1 N–H and O–H groups in total. The van der Waals surface area contributed by atoms with E-state index >= 15 is 0 Å². The highest BCUT2D eigenvalue weighted by Crippen LogP contribution is 2.37. The van der Waals surface area contributed by atoms with Gasteiger partial charge < -0.3 is 14.6 Å². The Kier molecular flexibility index (Phi) is 5.65. The first-order chi connectivity index (χ1) is 10.2. The van der Waals surface area contributed by atoms with Crippen LogP contribution in [0.2, 0.25) is 0 Å². The van der Waals surface area contributed by atoms with Crippen LogP contribution in [-0.4, -0.2) is 12.2 Å². The van der Waals surface area contributed by atoms with Gasteiger partial charge in [-0.05, 0) is 51.2 Å². The van der Waals surface area contributed by atoms with Gasteiger partial charge in [-0.3, -0.25) is 0 Å². The van der Waals surface area contributed by atoms with Crippen LogP contribution >= 0.6 is 15.9 Å². The molecule has 0 fully saturated rings. The molecule has 0 aromatic heterocycles. The van der Waals surface area contributed by atoms with E-state index in [2.05, 4.69) is 47.1 Å². The molecule has 0 saturated carbocycles. The van der Waals surface area contributed by atoms with E-state index in [1.54, 1.807) is 13.2 Å². The summed E-state index contributed by atoms with van der Waals surface area (Å²) in [6, 6.07) is 12.0. The van der Waals surface area contributed by atoms with Gasteiger partial charge in [0.15, 0.2) is 11.5 Å². The van der Waals surface area contributed by atoms with Gasteiger partial charge >= 0.3 is 0 Å². The molecule has 0 unspecified atom stereocenters. The summed E-state index contributed by atoms with van der Waals surface area (Å²) < 4.78 is 12.0. The van der Waals surface area contributed by atoms with Gasteiger partial charge in [0.05, 0.1) is 18.2 Å². The highest BCUT2D eigenvalue weighted by Gasteiger charge is 2.11. The molecule has 2 aromatic rings. The molecule has 21 heavy (non-hydrogen) atoms. The maximum atomic E-state index is 9.21. The Morgan fingerprint density at radius 2 is 1.71 bits per heavy atom. The second-order valence-corrected chi connectivity index (χ2v) is 5.58. The molecule has 0 atom stereocenters. The second-order valence-electron chi connectivity index (χ2n) is 4.73. The molecule has 0 spiro atoms. The Hall–Kier alpha value is -1.52. The van der Waals surface area contributed by atoms with E-state index in [9.17, 15) is 5.11 Å². The van der Waals surface area contributed by atoms with Crippen molar-refractivity contribution in [3.63, 3.8) is 0 Å². The number of aliphatic hydroxyl groups is 1. The minimum absolute atomic E-state index is 0.0340. The average Bonchev–Trinajstić information content (AvgIpc) is 2.53. The molecule has 0 aliphatic rings. The van der Waals surface area contributed by atoms with E-state index < -0.39 is 0 Å². The number of methoxy groups -OCH3 is 1. The average molecular weight is 351 g/mol. The van der Waals surface area contributed by atoms with E-state index in [1.165, 1.54) is 5.56 Å². The van der Waals surface area contributed by atoms with Crippen LogP contribution in [0.3, 0.4) is 0 Å². The number of aliphatic hydroxyl groups excluding tert-OH is 1. The zero-order valence-electron chi connectivity index (χ0n) is 12.2. The molecule has 0 heterocycles. The summed E-state index contributed by atoms with van der Waals surface area (Å²) in [5.74, 6) is 1.26. The molecular weight excluding hydrogens is 332 g/mol. The molecule has 2 aromatic carbocycles. The largest absolute Gasteiger partial charge is 0.493 e. The zero-order chi connectivity index (χ0) is 15.2. The maximum Gasteiger partial charge on any atom is 0.175 e. The fourth-order valence-corrected chi connectivity index (χ4v) is 2.64. The van der Waals surface area contributed by atoms with Gasteiger partial charge in [-0.15, -0.1) is 0 Å². The molecule has 0 aliphatic carbocycles. The second kappa shape index (κ2) is 7.48.